The Balaban J connectivity index is 2.28. The van der Waals surface area contributed by atoms with Crippen molar-refractivity contribution in [2.75, 3.05) is 7.11 Å². The van der Waals surface area contributed by atoms with E-state index in [4.69, 9.17) is 15.2 Å². The summed E-state index contributed by atoms with van der Waals surface area (Å²) in [5.74, 6) is 1.40. The van der Waals surface area contributed by atoms with Crippen molar-refractivity contribution < 1.29 is 9.47 Å². The fourth-order valence-electron chi connectivity index (χ4n) is 1.67. The van der Waals surface area contributed by atoms with Crippen LogP contribution in [0.1, 0.15) is 12.5 Å². The minimum Gasteiger partial charge on any atom is -0.497 e. The van der Waals surface area contributed by atoms with Gasteiger partial charge in [0.2, 0.25) is 0 Å². The molecule has 0 aliphatic rings. The number of imidazole rings is 1. The average molecular weight is 247 g/mol. The molecule has 2 N–H and O–H groups in total. The summed E-state index contributed by atoms with van der Waals surface area (Å²) in [6.07, 6.45) is 3.59. The number of nitrogens with two attached hydrogens (primary N) is 1. The van der Waals surface area contributed by atoms with E-state index in [2.05, 4.69) is 4.98 Å². The zero-order valence-corrected chi connectivity index (χ0v) is 10.6. The van der Waals surface area contributed by atoms with Gasteiger partial charge in [0.15, 0.2) is 0 Å². The van der Waals surface area contributed by atoms with Gasteiger partial charge < -0.3 is 19.8 Å². The monoisotopic (exact) mass is 247 g/mol. The van der Waals surface area contributed by atoms with Crippen molar-refractivity contribution in [3.05, 3.63) is 36.2 Å². The molecule has 0 aliphatic heterocycles. The van der Waals surface area contributed by atoms with Crippen molar-refractivity contribution in [1.82, 2.24) is 9.55 Å². The van der Waals surface area contributed by atoms with E-state index in [1.165, 1.54) is 0 Å². The number of aryl methyl sites for hydroxylation is 1. The van der Waals surface area contributed by atoms with Crippen molar-refractivity contribution in [2.45, 2.75) is 20.0 Å². The third kappa shape index (κ3) is 2.62. The fourth-order valence-corrected chi connectivity index (χ4v) is 1.67. The Labute approximate surface area is 106 Å². The van der Waals surface area contributed by atoms with Crippen LogP contribution in [0.5, 0.6) is 17.5 Å². The van der Waals surface area contributed by atoms with Crippen molar-refractivity contribution in [1.29, 1.82) is 0 Å². The molecule has 0 aliphatic carbocycles. The van der Waals surface area contributed by atoms with E-state index in [9.17, 15) is 0 Å². The van der Waals surface area contributed by atoms with Crippen LogP contribution < -0.4 is 15.2 Å². The minimum atomic E-state index is 0.440. The van der Waals surface area contributed by atoms with Gasteiger partial charge in [-0.25, -0.2) is 4.98 Å². The summed E-state index contributed by atoms with van der Waals surface area (Å²) < 4.78 is 12.9. The van der Waals surface area contributed by atoms with Crippen LogP contribution in [0.25, 0.3) is 0 Å². The summed E-state index contributed by atoms with van der Waals surface area (Å²) in [6, 6.07) is 6.15. The Morgan fingerprint density at radius 2 is 2.06 bits per heavy atom. The maximum atomic E-state index is 5.74. The minimum absolute atomic E-state index is 0.440. The van der Waals surface area contributed by atoms with Gasteiger partial charge in [-0.15, -0.1) is 0 Å². The number of ether oxygens (including phenoxy) is 2. The van der Waals surface area contributed by atoms with E-state index in [0.717, 1.165) is 17.9 Å². The summed E-state index contributed by atoms with van der Waals surface area (Å²) in [4.78, 5) is 4.16. The topological polar surface area (TPSA) is 62.3 Å². The molecule has 0 radical (unpaired) electrons. The molecule has 2 rings (SSSR count). The van der Waals surface area contributed by atoms with Gasteiger partial charge in [0, 0.05) is 31.5 Å². The molecule has 1 heterocycles. The van der Waals surface area contributed by atoms with Gasteiger partial charge in [-0.1, -0.05) is 0 Å². The van der Waals surface area contributed by atoms with Crippen molar-refractivity contribution in [2.24, 2.45) is 5.73 Å². The van der Waals surface area contributed by atoms with Gasteiger partial charge in [-0.2, -0.15) is 0 Å². The molecule has 0 spiro atoms. The van der Waals surface area contributed by atoms with Crippen molar-refractivity contribution in [3.8, 4) is 17.5 Å². The number of methoxy groups -OCH3 is 1. The first-order valence-electron chi connectivity index (χ1n) is 5.83. The lowest BCUT2D eigenvalue weighted by atomic mass is 10.2. The molecule has 1 aromatic carbocycles. The molecular formula is C13H17N3O2. The van der Waals surface area contributed by atoms with E-state index in [0.29, 0.717) is 18.3 Å². The van der Waals surface area contributed by atoms with Crippen LogP contribution in [0.3, 0.4) is 0 Å². The second-order valence-corrected chi connectivity index (χ2v) is 3.82. The van der Waals surface area contributed by atoms with Gasteiger partial charge in [0.25, 0.3) is 0 Å². The van der Waals surface area contributed by atoms with Crippen LogP contribution in [0, 0.1) is 0 Å². The quantitative estimate of drug-likeness (QED) is 0.879. The van der Waals surface area contributed by atoms with Crippen molar-refractivity contribution >= 4 is 0 Å². The number of hydrogen-bond donors (Lipinski definition) is 1. The van der Waals surface area contributed by atoms with Crippen LogP contribution >= 0.6 is 0 Å². The largest absolute Gasteiger partial charge is 0.497 e. The van der Waals surface area contributed by atoms with Crippen LogP contribution in [-0.2, 0) is 13.1 Å². The highest BCUT2D eigenvalue weighted by Gasteiger charge is 2.06. The molecule has 0 saturated carbocycles. The first-order chi connectivity index (χ1) is 8.76. The molecule has 0 saturated heterocycles. The van der Waals surface area contributed by atoms with E-state index >= 15 is 0 Å². The normalized spacial score (nSPS) is 10.4. The first kappa shape index (κ1) is 12.4. The number of aromatic nitrogens is 2. The molecule has 0 unspecified atom stereocenters. The molecule has 1 aromatic heterocycles. The molecule has 5 nitrogen and oxygen atoms in total. The molecule has 0 amide bonds. The Morgan fingerprint density at radius 1 is 1.28 bits per heavy atom. The third-order valence-corrected chi connectivity index (χ3v) is 2.64. The predicted octanol–water partition coefficient (Wildman–Crippen LogP) is 2.16. The fraction of sp³-hybridized carbons (Fsp3) is 0.308. The zero-order valence-electron chi connectivity index (χ0n) is 10.6. The van der Waals surface area contributed by atoms with Crippen molar-refractivity contribution in [3.63, 3.8) is 0 Å². The molecule has 0 bridgehead atoms. The summed E-state index contributed by atoms with van der Waals surface area (Å²) in [5, 5.41) is 0. The molecular weight excluding hydrogens is 230 g/mol. The van der Waals surface area contributed by atoms with E-state index in [1.54, 1.807) is 13.3 Å². The molecule has 2 aromatic rings. The summed E-state index contributed by atoms with van der Waals surface area (Å²) in [6.45, 7) is 3.28. The SMILES string of the molecule is CCn1ccnc1Oc1cc(CN)cc(OC)c1. The maximum absolute atomic E-state index is 5.74. The Hall–Kier alpha value is -2.01. The van der Waals surface area contributed by atoms with Crippen LogP contribution in [0.2, 0.25) is 0 Å². The highest BCUT2D eigenvalue weighted by molar-refractivity contribution is 5.39. The highest BCUT2D eigenvalue weighted by atomic mass is 16.5. The lowest BCUT2D eigenvalue weighted by Crippen LogP contribution is -2.00. The summed E-state index contributed by atoms with van der Waals surface area (Å²) in [7, 11) is 1.62. The second-order valence-electron chi connectivity index (χ2n) is 3.82. The molecule has 96 valence electrons. The zero-order chi connectivity index (χ0) is 13.0. The highest BCUT2D eigenvalue weighted by Crippen LogP contribution is 2.26. The molecule has 5 heteroatoms. The Kier molecular flexibility index (Phi) is 3.84. The number of nitrogens with zero attached hydrogens (tertiary/aromatic N) is 2. The number of benzene rings is 1. The third-order valence-electron chi connectivity index (χ3n) is 2.64. The number of hydrogen-bond acceptors (Lipinski definition) is 4. The Bertz CT molecular complexity index is 500. The van der Waals surface area contributed by atoms with Gasteiger partial charge >= 0.3 is 6.01 Å². The lowest BCUT2D eigenvalue weighted by molar-refractivity contribution is 0.395. The summed E-state index contributed by atoms with van der Waals surface area (Å²) in [5.41, 5.74) is 6.60. The van der Waals surface area contributed by atoms with E-state index in [1.807, 2.05) is 35.9 Å². The van der Waals surface area contributed by atoms with Crippen LogP contribution in [-0.4, -0.2) is 16.7 Å². The average Bonchev–Trinajstić information content (AvgIpc) is 2.85. The predicted molar refractivity (Wildman–Crippen MR) is 68.9 cm³/mol. The van der Waals surface area contributed by atoms with Gasteiger partial charge in [0.1, 0.15) is 11.5 Å². The van der Waals surface area contributed by atoms with Gasteiger partial charge in [0.05, 0.1) is 7.11 Å². The van der Waals surface area contributed by atoms with Gasteiger partial charge in [-0.05, 0) is 24.6 Å². The van der Waals surface area contributed by atoms with Crippen LogP contribution in [0.15, 0.2) is 30.6 Å². The lowest BCUT2D eigenvalue weighted by Gasteiger charge is -2.10. The van der Waals surface area contributed by atoms with E-state index < -0.39 is 0 Å². The second kappa shape index (κ2) is 5.55. The van der Waals surface area contributed by atoms with Crippen LogP contribution in [0.4, 0.5) is 0 Å². The van der Waals surface area contributed by atoms with Gasteiger partial charge in [-0.3, -0.25) is 0 Å². The first-order valence-corrected chi connectivity index (χ1v) is 5.83. The Morgan fingerprint density at radius 3 is 2.72 bits per heavy atom. The van der Waals surface area contributed by atoms with E-state index in [-0.39, 0.29) is 0 Å². The number of rotatable bonds is 5. The molecule has 18 heavy (non-hydrogen) atoms. The standard InChI is InChI=1S/C13H17N3O2/c1-3-16-5-4-15-13(16)18-12-7-10(9-14)6-11(8-12)17-2/h4-8H,3,9,14H2,1-2H3. The molecule has 0 fully saturated rings. The smallest absolute Gasteiger partial charge is 0.301 e. The maximum Gasteiger partial charge on any atom is 0.301 e. The molecule has 0 atom stereocenters. The summed E-state index contributed by atoms with van der Waals surface area (Å²) >= 11 is 0.